The summed E-state index contributed by atoms with van der Waals surface area (Å²) < 4.78 is 25.5. The zero-order valence-corrected chi connectivity index (χ0v) is 15.7. The van der Waals surface area contributed by atoms with Crippen LogP contribution in [-0.4, -0.2) is 77.2 Å². The molecule has 0 N–H and O–H groups in total. The van der Waals surface area contributed by atoms with Crippen molar-refractivity contribution in [1.29, 1.82) is 0 Å². The lowest BCUT2D eigenvalue weighted by Gasteiger charge is -2.34. The Morgan fingerprint density at radius 3 is 2.23 bits per heavy atom. The third-order valence-electron chi connectivity index (χ3n) is 5.07. The molecule has 0 aromatic heterocycles. The largest absolute Gasteiger partial charge is 0.469 e. The van der Waals surface area contributed by atoms with E-state index >= 15 is 0 Å². The normalized spacial score (nSPS) is 24.7. The summed E-state index contributed by atoms with van der Waals surface area (Å²) in [5.74, 6) is -2.06. The van der Waals surface area contributed by atoms with Crippen molar-refractivity contribution in [3.05, 3.63) is 11.3 Å². The van der Waals surface area contributed by atoms with Crippen molar-refractivity contribution < 1.29 is 38.1 Å². The molecule has 0 spiro atoms. The molecule has 2 atom stereocenters. The molecule has 26 heavy (non-hydrogen) atoms. The van der Waals surface area contributed by atoms with Crippen LogP contribution in [0.5, 0.6) is 0 Å². The Bertz CT molecular complexity index is 612. The van der Waals surface area contributed by atoms with Crippen LogP contribution in [0, 0.1) is 5.41 Å². The molecule has 146 valence electrons. The summed E-state index contributed by atoms with van der Waals surface area (Å²) >= 11 is 0. The molecule has 0 aromatic rings. The van der Waals surface area contributed by atoms with Gasteiger partial charge in [-0.1, -0.05) is 0 Å². The van der Waals surface area contributed by atoms with E-state index in [9.17, 15) is 14.4 Å². The van der Waals surface area contributed by atoms with Gasteiger partial charge in [-0.2, -0.15) is 0 Å². The summed E-state index contributed by atoms with van der Waals surface area (Å²) in [4.78, 5) is 39.7. The summed E-state index contributed by atoms with van der Waals surface area (Å²) in [6, 6.07) is -0.453. The number of carbonyl (C=O) groups is 3. The molecule has 9 heteroatoms. The van der Waals surface area contributed by atoms with E-state index in [2.05, 4.69) is 0 Å². The topological polar surface area (TPSA) is 101 Å². The van der Waals surface area contributed by atoms with Crippen LogP contribution in [0.15, 0.2) is 11.3 Å². The van der Waals surface area contributed by atoms with Crippen LogP contribution >= 0.6 is 0 Å². The molecular formula is C17H25NO8. The molecule has 2 rings (SSSR count). The maximum absolute atomic E-state index is 12.9. The van der Waals surface area contributed by atoms with Crippen molar-refractivity contribution in [2.45, 2.75) is 31.6 Å². The number of hydrogen-bond acceptors (Lipinski definition) is 9. The predicted octanol–water partition coefficient (Wildman–Crippen LogP) is 0.233. The quantitative estimate of drug-likeness (QED) is 0.354. The minimum atomic E-state index is -1.55. The Morgan fingerprint density at radius 2 is 1.73 bits per heavy atom. The fourth-order valence-corrected chi connectivity index (χ4v) is 4.07. The number of ether oxygens (including phenoxy) is 5. The third-order valence-corrected chi connectivity index (χ3v) is 5.07. The Labute approximate surface area is 152 Å². The maximum Gasteiger partial charge on any atom is 0.336 e. The van der Waals surface area contributed by atoms with Gasteiger partial charge < -0.3 is 28.6 Å². The second kappa shape index (κ2) is 8.05. The van der Waals surface area contributed by atoms with Gasteiger partial charge in [0.15, 0.2) is 6.29 Å². The van der Waals surface area contributed by atoms with Gasteiger partial charge in [-0.25, -0.2) is 4.79 Å². The van der Waals surface area contributed by atoms with Gasteiger partial charge >= 0.3 is 17.9 Å². The van der Waals surface area contributed by atoms with Gasteiger partial charge in [-0.15, -0.1) is 0 Å². The van der Waals surface area contributed by atoms with Gasteiger partial charge in [0.1, 0.15) is 5.41 Å². The molecule has 1 saturated heterocycles. The predicted molar refractivity (Wildman–Crippen MR) is 87.7 cm³/mol. The fourth-order valence-electron chi connectivity index (χ4n) is 4.07. The SMILES string of the molecule is COC(=O)C[C@]1(C(=O)OC)C(C(=O)OC)=C(C(OC)OC)N2CCC[C@@H]21. The monoisotopic (exact) mass is 371 g/mol. The molecule has 2 aliphatic rings. The molecule has 0 amide bonds. The van der Waals surface area contributed by atoms with Gasteiger partial charge in [0, 0.05) is 20.8 Å². The van der Waals surface area contributed by atoms with Crippen molar-refractivity contribution >= 4 is 17.9 Å². The lowest BCUT2D eigenvalue weighted by Crippen LogP contribution is -2.48. The lowest BCUT2D eigenvalue weighted by molar-refractivity contribution is -0.161. The Balaban J connectivity index is 2.77. The minimum Gasteiger partial charge on any atom is -0.469 e. The van der Waals surface area contributed by atoms with Gasteiger partial charge in [0.05, 0.1) is 45.1 Å². The molecule has 9 nitrogen and oxygen atoms in total. The molecule has 2 aliphatic heterocycles. The van der Waals surface area contributed by atoms with E-state index in [1.54, 1.807) is 0 Å². The summed E-state index contributed by atoms with van der Waals surface area (Å²) in [6.07, 6.45) is 0.138. The van der Waals surface area contributed by atoms with E-state index in [-0.39, 0.29) is 12.0 Å². The lowest BCUT2D eigenvalue weighted by atomic mass is 9.72. The second-order valence-electron chi connectivity index (χ2n) is 6.12. The second-order valence-corrected chi connectivity index (χ2v) is 6.12. The number of carbonyl (C=O) groups excluding carboxylic acids is 3. The smallest absolute Gasteiger partial charge is 0.336 e. The molecule has 0 aromatic carbocycles. The zero-order valence-electron chi connectivity index (χ0n) is 15.7. The van der Waals surface area contributed by atoms with E-state index < -0.39 is 35.7 Å². The standard InChI is InChI=1S/C17H25NO8/c1-22-11(19)9-17(16(21)26-5)10-7-6-8-18(10)13(15(24-3)25-4)12(17)14(20)23-2/h10,15H,6-9H2,1-5H3/t10-,17-/m1/s1. The van der Waals surface area contributed by atoms with Crippen LogP contribution in [0.2, 0.25) is 0 Å². The third kappa shape index (κ3) is 2.95. The maximum atomic E-state index is 12.9. The summed E-state index contributed by atoms with van der Waals surface area (Å²) in [6.45, 7) is 0.587. The zero-order chi connectivity index (χ0) is 19.5. The van der Waals surface area contributed by atoms with Crippen LogP contribution in [0.25, 0.3) is 0 Å². The van der Waals surface area contributed by atoms with E-state index in [0.29, 0.717) is 18.7 Å². The molecule has 0 bridgehead atoms. The average molecular weight is 371 g/mol. The molecule has 0 radical (unpaired) electrons. The Morgan fingerprint density at radius 1 is 1.08 bits per heavy atom. The highest BCUT2D eigenvalue weighted by Crippen LogP contribution is 2.53. The van der Waals surface area contributed by atoms with Crippen LogP contribution in [0.4, 0.5) is 0 Å². The van der Waals surface area contributed by atoms with Crippen molar-refractivity contribution in [2.24, 2.45) is 5.41 Å². The number of methoxy groups -OCH3 is 5. The molecule has 2 heterocycles. The van der Waals surface area contributed by atoms with Crippen LogP contribution in [-0.2, 0) is 38.1 Å². The minimum absolute atomic E-state index is 0.0238. The van der Waals surface area contributed by atoms with Crippen molar-refractivity contribution in [3.8, 4) is 0 Å². The first-order chi connectivity index (χ1) is 12.4. The highest BCUT2D eigenvalue weighted by Gasteiger charge is 2.64. The number of esters is 3. The average Bonchev–Trinajstić information content (AvgIpc) is 3.23. The Hall–Kier alpha value is -2.13. The summed E-state index contributed by atoms with van der Waals surface area (Å²) in [7, 11) is 6.52. The number of rotatable bonds is 7. The highest BCUT2D eigenvalue weighted by atomic mass is 16.7. The fraction of sp³-hybridized carbons (Fsp3) is 0.706. The van der Waals surface area contributed by atoms with E-state index in [4.69, 9.17) is 23.7 Å². The highest BCUT2D eigenvalue weighted by molar-refractivity contribution is 6.02. The van der Waals surface area contributed by atoms with Crippen molar-refractivity contribution in [1.82, 2.24) is 4.90 Å². The van der Waals surface area contributed by atoms with Crippen molar-refractivity contribution in [2.75, 3.05) is 42.1 Å². The molecule has 0 unspecified atom stereocenters. The first-order valence-electron chi connectivity index (χ1n) is 8.23. The van der Waals surface area contributed by atoms with Crippen molar-refractivity contribution in [3.63, 3.8) is 0 Å². The van der Waals surface area contributed by atoms with Crippen LogP contribution < -0.4 is 0 Å². The number of fused-ring (bicyclic) bond motifs is 1. The van der Waals surface area contributed by atoms with E-state index in [1.807, 2.05) is 4.90 Å². The Kier molecular flexibility index (Phi) is 6.25. The van der Waals surface area contributed by atoms with E-state index in [0.717, 1.165) is 6.42 Å². The van der Waals surface area contributed by atoms with Gasteiger partial charge in [-0.3, -0.25) is 9.59 Å². The number of hydrogen-bond donors (Lipinski definition) is 0. The molecule has 1 fully saturated rings. The van der Waals surface area contributed by atoms with Gasteiger partial charge in [0.2, 0.25) is 0 Å². The van der Waals surface area contributed by atoms with Gasteiger partial charge in [-0.05, 0) is 12.8 Å². The number of nitrogens with zero attached hydrogens (tertiary/aromatic N) is 1. The molecule has 0 aliphatic carbocycles. The summed E-state index contributed by atoms with van der Waals surface area (Å²) in [5, 5.41) is 0. The molecule has 0 saturated carbocycles. The molecular weight excluding hydrogens is 346 g/mol. The van der Waals surface area contributed by atoms with Gasteiger partial charge in [0.25, 0.3) is 0 Å². The first kappa shape index (κ1) is 20.2. The summed E-state index contributed by atoms with van der Waals surface area (Å²) in [5.41, 5.74) is -1.13. The van der Waals surface area contributed by atoms with Crippen LogP contribution in [0.3, 0.4) is 0 Å². The first-order valence-corrected chi connectivity index (χ1v) is 8.23. The van der Waals surface area contributed by atoms with E-state index in [1.165, 1.54) is 35.5 Å². The van der Waals surface area contributed by atoms with Crippen LogP contribution in [0.1, 0.15) is 19.3 Å².